The van der Waals surface area contributed by atoms with Gasteiger partial charge < -0.3 is 5.32 Å². The molecule has 1 heterocycles. The first kappa shape index (κ1) is 18.5. The molecule has 0 aliphatic heterocycles. The normalized spacial score (nSPS) is 10.7. The average Bonchev–Trinajstić information content (AvgIpc) is 3.10. The molecule has 1 amide bonds. The van der Waals surface area contributed by atoms with Gasteiger partial charge in [-0.2, -0.15) is 0 Å². The summed E-state index contributed by atoms with van der Waals surface area (Å²) in [5.41, 5.74) is 3.44. The van der Waals surface area contributed by atoms with Gasteiger partial charge >= 0.3 is 0 Å². The molecule has 0 saturated carbocycles. The molecule has 0 aliphatic carbocycles. The van der Waals surface area contributed by atoms with E-state index in [4.69, 9.17) is 11.6 Å². The Morgan fingerprint density at radius 2 is 2.08 bits per heavy atom. The Labute approximate surface area is 162 Å². The largest absolute Gasteiger partial charge is 0.355 e. The number of thioether (sulfide) groups is 1. The Kier molecular flexibility index (Phi) is 6.36. The lowest BCUT2D eigenvalue weighted by atomic mass is 10.1. The lowest BCUT2D eigenvalue weighted by Gasteiger charge is -2.09. The Balaban J connectivity index is 1.51. The van der Waals surface area contributed by atoms with E-state index in [1.165, 1.54) is 22.9 Å². The molecule has 1 N–H and O–H groups in total. The van der Waals surface area contributed by atoms with E-state index in [-0.39, 0.29) is 5.91 Å². The maximum Gasteiger partial charge on any atom is 0.230 e. The van der Waals surface area contributed by atoms with E-state index >= 15 is 0 Å². The van der Waals surface area contributed by atoms with Crippen molar-refractivity contribution in [3.05, 3.63) is 77.1 Å². The van der Waals surface area contributed by atoms with E-state index in [2.05, 4.69) is 29.4 Å². The van der Waals surface area contributed by atoms with Gasteiger partial charge in [0.2, 0.25) is 5.91 Å². The summed E-state index contributed by atoms with van der Waals surface area (Å²) in [6.45, 7) is 2.72. The third-order valence-electron chi connectivity index (χ3n) is 4.00. The van der Waals surface area contributed by atoms with Gasteiger partial charge in [-0.1, -0.05) is 53.7 Å². The number of nitrogens with zero attached hydrogens (tertiary/aromatic N) is 2. The van der Waals surface area contributed by atoms with Crippen molar-refractivity contribution in [1.29, 1.82) is 0 Å². The van der Waals surface area contributed by atoms with Gasteiger partial charge in [-0.3, -0.25) is 9.36 Å². The molecule has 0 spiro atoms. The van der Waals surface area contributed by atoms with E-state index in [1.54, 1.807) is 6.20 Å². The molecule has 2 aromatic carbocycles. The van der Waals surface area contributed by atoms with Crippen LogP contribution in [0.15, 0.2) is 66.1 Å². The highest BCUT2D eigenvalue weighted by atomic mass is 35.5. The van der Waals surface area contributed by atoms with Crippen LogP contribution in [0.4, 0.5) is 0 Å². The summed E-state index contributed by atoms with van der Waals surface area (Å²) in [5, 5.41) is 4.40. The van der Waals surface area contributed by atoms with E-state index in [0.29, 0.717) is 17.3 Å². The smallest absolute Gasteiger partial charge is 0.230 e. The molecular weight excluding hydrogens is 366 g/mol. The Bertz CT molecular complexity index is 894. The quantitative estimate of drug-likeness (QED) is 0.617. The maximum absolute atomic E-state index is 12.1. The average molecular weight is 386 g/mol. The monoisotopic (exact) mass is 385 g/mol. The highest BCUT2D eigenvalue weighted by Crippen LogP contribution is 2.22. The van der Waals surface area contributed by atoms with Gasteiger partial charge in [0.15, 0.2) is 5.16 Å². The van der Waals surface area contributed by atoms with Gasteiger partial charge in [0.05, 0.1) is 5.75 Å². The molecule has 1 aromatic heterocycles. The van der Waals surface area contributed by atoms with E-state index in [0.717, 1.165) is 17.3 Å². The van der Waals surface area contributed by atoms with Crippen LogP contribution < -0.4 is 5.32 Å². The molecule has 6 heteroatoms. The first-order valence-electron chi connectivity index (χ1n) is 8.37. The zero-order valence-corrected chi connectivity index (χ0v) is 16.1. The Morgan fingerprint density at radius 1 is 1.23 bits per heavy atom. The Hall–Kier alpha value is -2.24. The van der Waals surface area contributed by atoms with Crippen LogP contribution >= 0.6 is 23.4 Å². The zero-order valence-electron chi connectivity index (χ0n) is 14.5. The summed E-state index contributed by atoms with van der Waals surface area (Å²) >= 11 is 7.46. The van der Waals surface area contributed by atoms with Crippen molar-refractivity contribution in [2.45, 2.75) is 18.5 Å². The molecule has 4 nitrogen and oxygen atoms in total. The number of aromatic nitrogens is 2. The SMILES string of the molecule is Cc1ccccc1CCNC(=O)CSc1nccn1-c1cccc(Cl)c1. The molecule has 0 atom stereocenters. The summed E-state index contributed by atoms with van der Waals surface area (Å²) in [6, 6.07) is 15.8. The van der Waals surface area contributed by atoms with Gasteiger partial charge in [0.25, 0.3) is 0 Å². The zero-order chi connectivity index (χ0) is 18.4. The predicted molar refractivity (Wildman–Crippen MR) is 107 cm³/mol. The summed E-state index contributed by atoms with van der Waals surface area (Å²) in [7, 11) is 0. The molecule has 3 aromatic rings. The Morgan fingerprint density at radius 3 is 2.88 bits per heavy atom. The van der Waals surface area contributed by atoms with E-state index in [9.17, 15) is 4.79 Å². The minimum Gasteiger partial charge on any atom is -0.355 e. The van der Waals surface area contributed by atoms with Crippen molar-refractivity contribution >= 4 is 29.3 Å². The number of halogens is 1. The van der Waals surface area contributed by atoms with E-state index < -0.39 is 0 Å². The highest BCUT2D eigenvalue weighted by molar-refractivity contribution is 7.99. The van der Waals surface area contributed by atoms with Crippen molar-refractivity contribution in [2.75, 3.05) is 12.3 Å². The van der Waals surface area contributed by atoms with Crippen molar-refractivity contribution < 1.29 is 4.79 Å². The lowest BCUT2D eigenvalue weighted by molar-refractivity contribution is -0.118. The fourth-order valence-corrected chi connectivity index (χ4v) is 3.61. The van der Waals surface area contributed by atoms with Crippen molar-refractivity contribution in [3.8, 4) is 5.69 Å². The number of amides is 1. The molecule has 0 radical (unpaired) electrons. The molecule has 0 bridgehead atoms. The third-order valence-corrected chi connectivity index (χ3v) is 5.21. The van der Waals surface area contributed by atoms with Crippen molar-refractivity contribution in [3.63, 3.8) is 0 Å². The highest BCUT2D eigenvalue weighted by Gasteiger charge is 2.09. The number of hydrogen-bond donors (Lipinski definition) is 1. The molecule has 0 fully saturated rings. The van der Waals surface area contributed by atoms with Gasteiger partial charge in [-0.15, -0.1) is 0 Å². The van der Waals surface area contributed by atoms with Crippen molar-refractivity contribution in [1.82, 2.24) is 14.9 Å². The standard InChI is InChI=1S/C20H20ClN3OS/c1-15-5-2-3-6-16(15)9-10-22-19(25)14-26-20-23-11-12-24(20)18-8-4-7-17(21)13-18/h2-8,11-13H,9-10,14H2,1H3,(H,22,25). The molecule has 134 valence electrons. The second kappa shape index (κ2) is 8.92. The second-order valence-electron chi connectivity index (χ2n) is 5.87. The number of hydrogen-bond acceptors (Lipinski definition) is 3. The molecule has 3 rings (SSSR count). The number of carbonyl (C=O) groups excluding carboxylic acids is 1. The number of aryl methyl sites for hydroxylation is 1. The minimum atomic E-state index is 0.00392. The van der Waals surface area contributed by atoms with Gasteiger partial charge in [0.1, 0.15) is 0 Å². The molecule has 0 saturated heterocycles. The van der Waals surface area contributed by atoms with Crippen LogP contribution in [-0.4, -0.2) is 27.8 Å². The third kappa shape index (κ3) is 4.90. The molecular formula is C20H20ClN3OS. The van der Waals surface area contributed by atoms with Crippen LogP contribution in [0.1, 0.15) is 11.1 Å². The number of imidazole rings is 1. The fraction of sp³-hybridized carbons (Fsp3) is 0.200. The van der Waals surface area contributed by atoms with Gasteiger partial charge in [0, 0.05) is 29.6 Å². The van der Waals surface area contributed by atoms with Gasteiger partial charge in [-0.25, -0.2) is 4.98 Å². The summed E-state index contributed by atoms with van der Waals surface area (Å²) in [4.78, 5) is 16.5. The number of rotatable bonds is 7. The second-order valence-corrected chi connectivity index (χ2v) is 7.25. The lowest BCUT2D eigenvalue weighted by Crippen LogP contribution is -2.27. The first-order chi connectivity index (χ1) is 12.6. The fourth-order valence-electron chi connectivity index (χ4n) is 2.63. The summed E-state index contributed by atoms with van der Waals surface area (Å²) < 4.78 is 1.93. The number of nitrogens with one attached hydrogen (secondary N) is 1. The van der Waals surface area contributed by atoms with Crippen LogP contribution in [0.5, 0.6) is 0 Å². The minimum absolute atomic E-state index is 0.00392. The number of benzene rings is 2. The number of carbonyl (C=O) groups is 1. The van der Waals surface area contributed by atoms with Crippen LogP contribution in [0.2, 0.25) is 5.02 Å². The molecule has 0 unspecified atom stereocenters. The molecule has 0 aliphatic rings. The molecule has 26 heavy (non-hydrogen) atoms. The van der Waals surface area contributed by atoms with E-state index in [1.807, 2.05) is 47.2 Å². The summed E-state index contributed by atoms with van der Waals surface area (Å²) in [5.74, 6) is 0.329. The van der Waals surface area contributed by atoms with Crippen LogP contribution in [0.3, 0.4) is 0 Å². The topological polar surface area (TPSA) is 46.9 Å². The van der Waals surface area contributed by atoms with Gasteiger partial charge in [-0.05, 0) is 42.7 Å². The van der Waals surface area contributed by atoms with Crippen molar-refractivity contribution in [2.24, 2.45) is 0 Å². The maximum atomic E-state index is 12.1. The first-order valence-corrected chi connectivity index (χ1v) is 9.73. The van der Waals surface area contributed by atoms with Crippen LogP contribution in [-0.2, 0) is 11.2 Å². The van der Waals surface area contributed by atoms with Crippen LogP contribution in [0.25, 0.3) is 5.69 Å². The summed E-state index contributed by atoms with van der Waals surface area (Å²) in [6.07, 6.45) is 4.42. The predicted octanol–water partition coefficient (Wildman–Crippen LogP) is 4.29. The van der Waals surface area contributed by atoms with Crippen LogP contribution in [0, 0.1) is 6.92 Å².